The molecule has 0 rings (SSSR count). The summed E-state index contributed by atoms with van der Waals surface area (Å²) in [6.45, 7) is -0.0538. The van der Waals surface area contributed by atoms with E-state index in [1.807, 2.05) is 0 Å². The van der Waals surface area contributed by atoms with Gasteiger partial charge < -0.3 is 0 Å². The molecule has 0 aliphatic carbocycles. The van der Waals surface area contributed by atoms with E-state index in [1.165, 1.54) is 0 Å². The second kappa shape index (κ2) is 3.67. The van der Waals surface area contributed by atoms with Crippen molar-refractivity contribution in [2.75, 3.05) is 12.9 Å². The van der Waals surface area contributed by atoms with Crippen molar-refractivity contribution < 1.29 is 5.94 Å². The molecule has 0 aromatic carbocycles. The third-order valence-electron chi connectivity index (χ3n) is 0.314. The molecule has 0 saturated heterocycles. The number of hydrogen-bond acceptors (Lipinski definition) is 2. The molecule has 4 heteroatoms. The van der Waals surface area contributed by atoms with E-state index >= 15 is 0 Å². The Labute approximate surface area is 42.6 Å². The third-order valence-corrected chi connectivity index (χ3v) is 2.38. The summed E-state index contributed by atoms with van der Waals surface area (Å²) in [5, 5.41) is 0. The summed E-state index contributed by atoms with van der Waals surface area (Å²) in [5.74, 6) is 0. The Kier molecular flexibility index (Phi) is 2.13. The Balaban J connectivity index is 3.46. The van der Waals surface area contributed by atoms with Crippen LogP contribution < -0.4 is 5.73 Å². The molecular formula is C2H8NOP2+. The fraction of sp³-hybridized carbons (Fsp3) is 1.00. The maximum Gasteiger partial charge on any atom is 0.366 e. The fourth-order valence-electron chi connectivity index (χ4n) is 0.0577. The van der Waals surface area contributed by atoms with Gasteiger partial charge >= 0.3 is 7.49 Å². The van der Waals surface area contributed by atoms with Crippen LogP contribution in [0.4, 0.5) is 0 Å². The fourth-order valence-corrected chi connectivity index (χ4v) is 0.520. The van der Waals surface area contributed by atoms with E-state index in [0.717, 1.165) is 0 Å². The molecule has 0 bridgehead atoms. The molecule has 0 radical (unpaired) electrons. The van der Waals surface area contributed by atoms with Gasteiger partial charge in [-0.15, -0.1) is 0 Å². The van der Waals surface area contributed by atoms with E-state index in [2.05, 4.69) is 0 Å². The summed E-state index contributed by atoms with van der Waals surface area (Å²) in [7, 11) is -2.91. The average Bonchev–Trinajstić information content (AvgIpc) is 1.84. The number of nitrogens with two attached hydrogens (primary N) is 1. The minimum absolute atomic E-state index is 0.0538. The zero-order valence-corrected chi connectivity index (χ0v) is 5.08. The zero-order chi connectivity index (χ0) is 6.57. The highest BCUT2D eigenvalue weighted by Crippen LogP contribution is 2.38. The molecule has 0 aromatic rings. The lowest BCUT2D eigenvalue weighted by Crippen LogP contribution is -1.87. The van der Waals surface area contributed by atoms with Gasteiger partial charge in [-0.2, -0.15) is 0 Å². The van der Waals surface area contributed by atoms with Crippen molar-refractivity contribution in [1.82, 2.24) is 0 Å². The van der Waals surface area contributed by atoms with Gasteiger partial charge in [-0.05, 0) is 6.64 Å². The lowest BCUT2D eigenvalue weighted by Gasteiger charge is -1.66. The minimum Gasteiger partial charge on any atom is -0.290 e. The van der Waals surface area contributed by atoms with Crippen LogP contribution >= 0.6 is 15.7 Å². The summed E-state index contributed by atoms with van der Waals surface area (Å²) in [5.41, 5.74) is 4.98. The smallest absolute Gasteiger partial charge is 0.290 e. The van der Waals surface area contributed by atoms with E-state index < -0.39 is 15.7 Å². The van der Waals surface area contributed by atoms with Crippen LogP contribution in [0.2, 0.25) is 0 Å². The molecule has 0 fully saturated rings. The lowest BCUT2D eigenvalue weighted by atomic mass is 11.6. The summed E-state index contributed by atoms with van der Waals surface area (Å²) in [4.78, 5) is 0. The molecule has 36 valence electrons. The molecule has 0 aliphatic heterocycles. The van der Waals surface area contributed by atoms with Crippen molar-refractivity contribution in [3.05, 3.63) is 0 Å². The molecule has 2 N–H and O–H groups in total. The molecule has 0 spiro atoms. The van der Waals surface area contributed by atoms with Crippen molar-refractivity contribution in [2.45, 2.75) is 0 Å². The maximum absolute atomic E-state index is 10.5. The largest absolute Gasteiger partial charge is 0.366 e. The van der Waals surface area contributed by atoms with E-state index in [-0.39, 0.29) is 12.9 Å². The molecule has 2 unspecified atom stereocenters. The first-order valence-corrected chi connectivity index (χ1v) is 4.65. The average molecular weight is 127 g/mol. The molecule has 0 saturated carbocycles. The molecule has 0 aromatic heterocycles. The Bertz CT molecular complexity index is 90.1. The normalized spacial score (nSPS) is 21.2. The van der Waals surface area contributed by atoms with Gasteiger partial charge in [0.1, 0.15) is 9.49 Å². The quantitative estimate of drug-likeness (QED) is 0.561. The highest BCUT2D eigenvalue weighted by Gasteiger charge is 2.03. The van der Waals surface area contributed by atoms with Crippen LogP contribution in [0.25, 0.3) is 0 Å². The van der Waals surface area contributed by atoms with Crippen molar-refractivity contribution in [3.63, 3.8) is 0 Å². The summed E-state index contributed by atoms with van der Waals surface area (Å²) < 4.78 is 24.1. The van der Waals surface area contributed by atoms with Crippen molar-refractivity contribution in [3.8, 4) is 0 Å². The topological polar surface area (TPSA) is 43.1 Å². The predicted octanol–water partition coefficient (Wildman–Crippen LogP) is 0.953. The number of hydrogen-bond donors (Lipinski definition) is 1. The first kappa shape index (κ1) is 3.49. The monoisotopic (exact) mass is 127 g/mol. The van der Waals surface area contributed by atoms with Crippen LogP contribution in [-0.4, -0.2) is 14.2 Å². The molecule has 2 atom stereocenters. The molecule has 0 aliphatic rings. The van der Waals surface area contributed by atoms with Crippen LogP contribution in [-0.2, 0) is 4.57 Å². The van der Waals surface area contributed by atoms with Gasteiger partial charge in [0.25, 0.3) is 0 Å². The van der Waals surface area contributed by atoms with Crippen LogP contribution in [0.5, 0.6) is 0 Å². The van der Waals surface area contributed by atoms with Gasteiger partial charge in [0.15, 0.2) is 6.29 Å². The van der Waals surface area contributed by atoms with Gasteiger partial charge in [0.05, 0.1) is 0 Å². The van der Waals surface area contributed by atoms with Crippen LogP contribution in [0.15, 0.2) is 0 Å². The third kappa shape index (κ3) is 2.71. The van der Waals surface area contributed by atoms with E-state index in [0.29, 0.717) is 0 Å². The number of rotatable bonds is 2. The highest BCUT2D eigenvalue weighted by atomic mass is 32.0. The molecule has 0 heterocycles. The van der Waals surface area contributed by atoms with Crippen molar-refractivity contribution >= 4 is 15.7 Å². The van der Waals surface area contributed by atoms with Crippen molar-refractivity contribution in [1.29, 1.82) is 1.28 Å². The molecule has 6 heavy (non-hydrogen) atoms. The summed E-state index contributed by atoms with van der Waals surface area (Å²) >= 11 is 0. The first-order valence-electron chi connectivity index (χ1n) is 2.58. The minimum atomic E-state index is -1.57. The predicted molar refractivity (Wildman–Crippen MR) is 30.9 cm³/mol. The van der Waals surface area contributed by atoms with E-state index in [1.54, 1.807) is 0 Å². The highest BCUT2D eigenvalue weighted by molar-refractivity contribution is 8.14. The van der Waals surface area contributed by atoms with Gasteiger partial charge in [0.2, 0.25) is 0 Å². The molecule has 0 amide bonds. The van der Waals surface area contributed by atoms with Gasteiger partial charge in [-0.3, -0.25) is 5.73 Å². The Morgan fingerprint density at radius 2 is 3.33 bits per heavy atom. The summed E-state index contributed by atoms with van der Waals surface area (Å²) in [6.07, 6.45) is 0.0589. The van der Waals surface area contributed by atoms with Crippen LogP contribution in [0, 0.1) is 0 Å². The second-order valence-electron chi connectivity index (χ2n) is 0.676. The zero-order valence-electron chi connectivity index (χ0n) is 5.29. The second-order valence-corrected chi connectivity index (χ2v) is 4.22. The van der Waals surface area contributed by atoms with E-state index in [9.17, 15) is 4.57 Å². The molecule has 2 nitrogen and oxygen atoms in total. The SMILES string of the molecule is [2H]P(C[3H])[P+](=O)CN. The van der Waals surface area contributed by atoms with Gasteiger partial charge in [-0.1, -0.05) is 4.57 Å². The van der Waals surface area contributed by atoms with Crippen molar-refractivity contribution in [2.24, 2.45) is 5.73 Å². The standard InChI is InChI=1S/C2H8NOP2/c1-5-6(4)2-3/h5H,2-3H2,1H3/q+1/i1T,5D. The van der Waals surface area contributed by atoms with Gasteiger partial charge in [-0.25, -0.2) is 0 Å². The van der Waals surface area contributed by atoms with Gasteiger partial charge in [0, 0.05) is 1.37 Å². The van der Waals surface area contributed by atoms with E-state index in [4.69, 9.17) is 8.38 Å². The maximum atomic E-state index is 10.5. The van der Waals surface area contributed by atoms with Crippen LogP contribution in [0.3, 0.4) is 0 Å². The first-order chi connectivity index (χ1) is 3.72. The Hall–Kier alpha value is 0.490. The Morgan fingerprint density at radius 3 is 3.50 bits per heavy atom. The summed E-state index contributed by atoms with van der Waals surface area (Å²) in [6, 6.07) is 0. The molecular weight excluding hydrogens is 116 g/mol. The Morgan fingerprint density at radius 1 is 2.67 bits per heavy atom. The van der Waals surface area contributed by atoms with Crippen LogP contribution in [0.1, 0.15) is 1.37 Å². The lowest BCUT2D eigenvalue weighted by molar-refractivity contribution is 0.596.